The highest BCUT2D eigenvalue weighted by atomic mass is 32.2. The van der Waals surface area contributed by atoms with E-state index in [1.165, 1.54) is 17.1 Å². The van der Waals surface area contributed by atoms with Crippen LogP contribution in [0, 0.1) is 6.92 Å². The van der Waals surface area contributed by atoms with E-state index in [1.807, 2.05) is 6.92 Å². The molecule has 146 valence electrons. The summed E-state index contributed by atoms with van der Waals surface area (Å²) >= 11 is 1.62. The molecule has 0 saturated heterocycles. The number of ether oxygens (including phenoxy) is 1. The van der Waals surface area contributed by atoms with Gasteiger partial charge in [-0.3, -0.25) is 0 Å². The van der Waals surface area contributed by atoms with Crippen LogP contribution in [0.2, 0.25) is 0 Å². The van der Waals surface area contributed by atoms with Crippen molar-refractivity contribution in [3.63, 3.8) is 0 Å². The number of fused-ring (bicyclic) bond motifs is 1. The predicted octanol–water partition coefficient (Wildman–Crippen LogP) is 4.47. The van der Waals surface area contributed by atoms with E-state index in [1.54, 1.807) is 42.6 Å². The number of aromatic nitrogens is 1. The molecule has 2 aliphatic rings. The highest BCUT2D eigenvalue weighted by Crippen LogP contribution is 2.39. The van der Waals surface area contributed by atoms with Crippen molar-refractivity contribution in [2.75, 3.05) is 7.05 Å². The smallest absolute Gasteiger partial charge is 0.243 e. The van der Waals surface area contributed by atoms with Crippen molar-refractivity contribution in [3.8, 4) is 5.75 Å². The van der Waals surface area contributed by atoms with Crippen molar-refractivity contribution in [1.82, 2.24) is 9.29 Å². The van der Waals surface area contributed by atoms with Gasteiger partial charge in [0.2, 0.25) is 10.0 Å². The minimum Gasteiger partial charge on any atom is -0.490 e. The molecule has 1 unspecified atom stereocenters. The van der Waals surface area contributed by atoms with Crippen LogP contribution in [0.25, 0.3) is 0 Å². The van der Waals surface area contributed by atoms with Crippen LogP contribution in [0.1, 0.15) is 60.1 Å². The highest BCUT2D eigenvalue weighted by Gasteiger charge is 2.34. The number of rotatable bonds is 5. The number of hydrogen-bond donors (Lipinski definition) is 0. The monoisotopic (exact) mass is 406 g/mol. The fourth-order valence-corrected chi connectivity index (χ4v) is 6.67. The lowest BCUT2D eigenvalue weighted by Crippen LogP contribution is -2.32. The number of benzene rings is 1. The summed E-state index contributed by atoms with van der Waals surface area (Å²) < 4.78 is 33.8. The molecule has 2 aromatic rings. The molecule has 1 aromatic carbocycles. The van der Waals surface area contributed by atoms with E-state index in [-0.39, 0.29) is 12.1 Å². The summed E-state index contributed by atoms with van der Waals surface area (Å²) in [5.41, 5.74) is 1.07. The molecule has 0 amide bonds. The summed E-state index contributed by atoms with van der Waals surface area (Å²) in [7, 11) is -1.87. The van der Waals surface area contributed by atoms with E-state index in [9.17, 15) is 8.42 Å². The maximum atomic E-state index is 13.2. The first kappa shape index (κ1) is 18.9. The van der Waals surface area contributed by atoms with Crippen LogP contribution in [-0.4, -0.2) is 30.9 Å². The quantitative estimate of drug-likeness (QED) is 0.735. The van der Waals surface area contributed by atoms with Gasteiger partial charge in [-0.1, -0.05) is 0 Å². The van der Waals surface area contributed by atoms with Crippen LogP contribution in [0.4, 0.5) is 0 Å². The molecule has 0 bridgehead atoms. The Balaban J connectivity index is 1.54. The van der Waals surface area contributed by atoms with E-state index >= 15 is 0 Å². The fraction of sp³-hybridized carbons (Fsp3) is 0.550. The van der Waals surface area contributed by atoms with Gasteiger partial charge < -0.3 is 4.74 Å². The molecular weight excluding hydrogens is 380 g/mol. The highest BCUT2D eigenvalue weighted by molar-refractivity contribution is 7.89. The van der Waals surface area contributed by atoms with Gasteiger partial charge >= 0.3 is 0 Å². The minimum absolute atomic E-state index is 0.126. The molecular formula is C20H26N2O3S2. The number of sulfonamides is 1. The largest absolute Gasteiger partial charge is 0.490 e. The van der Waals surface area contributed by atoms with Crippen LogP contribution in [-0.2, 0) is 16.4 Å². The summed E-state index contributed by atoms with van der Waals surface area (Å²) in [6.07, 6.45) is 7.61. The second-order valence-electron chi connectivity index (χ2n) is 7.47. The van der Waals surface area contributed by atoms with Crippen molar-refractivity contribution in [1.29, 1.82) is 0 Å². The van der Waals surface area contributed by atoms with Crippen LogP contribution in [0.3, 0.4) is 0 Å². The third-order valence-electron chi connectivity index (χ3n) is 5.57. The second kappa shape index (κ2) is 7.53. The van der Waals surface area contributed by atoms with Gasteiger partial charge in [0, 0.05) is 11.9 Å². The number of hydrogen-bond acceptors (Lipinski definition) is 5. The maximum absolute atomic E-state index is 13.2. The van der Waals surface area contributed by atoms with Gasteiger partial charge in [-0.05, 0) is 76.1 Å². The number of aryl methyl sites for hydroxylation is 2. The van der Waals surface area contributed by atoms with Crippen LogP contribution in [0.15, 0.2) is 29.2 Å². The van der Waals surface area contributed by atoms with E-state index < -0.39 is 10.0 Å². The van der Waals surface area contributed by atoms with Crippen molar-refractivity contribution in [2.45, 2.75) is 68.9 Å². The van der Waals surface area contributed by atoms with Gasteiger partial charge in [-0.25, -0.2) is 13.4 Å². The van der Waals surface area contributed by atoms with E-state index in [0.717, 1.165) is 53.4 Å². The van der Waals surface area contributed by atoms with Gasteiger partial charge in [-0.15, -0.1) is 11.3 Å². The predicted molar refractivity (Wildman–Crippen MR) is 107 cm³/mol. The third kappa shape index (κ3) is 3.77. The Bertz CT molecular complexity index is 900. The average molecular weight is 407 g/mol. The molecule has 1 fully saturated rings. The fourth-order valence-electron chi connectivity index (χ4n) is 4.09. The SMILES string of the molecule is Cc1nc2c(s1)C(N(C)S(=O)(=O)c1ccc(OC3CCCC3)cc1)CCC2. The Labute approximate surface area is 165 Å². The maximum Gasteiger partial charge on any atom is 0.243 e. The Morgan fingerprint density at radius 2 is 1.81 bits per heavy atom. The summed E-state index contributed by atoms with van der Waals surface area (Å²) in [5, 5.41) is 1.01. The molecule has 1 aromatic heterocycles. The lowest BCUT2D eigenvalue weighted by Gasteiger charge is -2.30. The summed E-state index contributed by atoms with van der Waals surface area (Å²) in [6, 6.07) is 6.76. The molecule has 0 radical (unpaired) electrons. The molecule has 27 heavy (non-hydrogen) atoms. The molecule has 2 aliphatic carbocycles. The van der Waals surface area contributed by atoms with Crippen LogP contribution < -0.4 is 4.74 Å². The van der Waals surface area contributed by atoms with Crippen LogP contribution in [0.5, 0.6) is 5.75 Å². The zero-order valence-corrected chi connectivity index (χ0v) is 17.5. The number of nitrogens with zero attached hydrogens (tertiary/aromatic N) is 2. The van der Waals surface area contributed by atoms with Gasteiger partial charge in [0.15, 0.2) is 0 Å². The molecule has 1 atom stereocenters. The molecule has 7 heteroatoms. The van der Waals surface area contributed by atoms with Crippen LogP contribution >= 0.6 is 11.3 Å². The first-order valence-electron chi connectivity index (χ1n) is 9.66. The Hall–Kier alpha value is -1.44. The first-order chi connectivity index (χ1) is 12.9. The standard InChI is InChI=1S/C20H26N2O3S2/c1-14-21-18-8-5-9-19(20(18)26-14)22(2)27(23,24)17-12-10-16(11-13-17)25-15-6-3-4-7-15/h10-13,15,19H,3-9H2,1-2H3. The molecule has 5 nitrogen and oxygen atoms in total. The van der Waals surface area contributed by atoms with Gasteiger partial charge in [0.1, 0.15) is 5.75 Å². The second-order valence-corrected chi connectivity index (χ2v) is 10.7. The van der Waals surface area contributed by atoms with Crippen molar-refractivity contribution < 1.29 is 13.2 Å². The third-order valence-corrected chi connectivity index (χ3v) is 8.57. The topological polar surface area (TPSA) is 59.5 Å². The summed E-state index contributed by atoms with van der Waals surface area (Å²) in [5.74, 6) is 0.751. The van der Waals surface area contributed by atoms with E-state index in [2.05, 4.69) is 4.98 Å². The lowest BCUT2D eigenvalue weighted by molar-refractivity contribution is 0.210. The molecule has 0 spiro atoms. The minimum atomic E-state index is -3.56. The lowest BCUT2D eigenvalue weighted by atomic mass is 9.98. The average Bonchev–Trinajstić information content (AvgIpc) is 3.29. The number of thiazole rings is 1. The van der Waals surface area contributed by atoms with Crippen molar-refractivity contribution >= 4 is 21.4 Å². The molecule has 4 rings (SSSR count). The van der Waals surface area contributed by atoms with Gasteiger partial charge in [0.25, 0.3) is 0 Å². The molecule has 0 N–H and O–H groups in total. The van der Waals surface area contributed by atoms with E-state index in [4.69, 9.17) is 4.74 Å². The zero-order valence-electron chi connectivity index (χ0n) is 15.8. The Morgan fingerprint density at radius 1 is 1.11 bits per heavy atom. The first-order valence-corrected chi connectivity index (χ1v) is 11.9. The normalized spacial score (nSPS) is 20.8. The van der Waals surface area contributed by atoms with Crippen molar-refractivity contribution in [3.05, 3.63) is 39.8 Å². The summed E-state index contributed by atoms with van der Waals surface area (Å²) in [6.45, 7) is 1.98. The van der Waals surface area contributed by atoms with Gasteiger partial charge in [-0.2, -0.15) is 4.31 Å². The van der Waals surface area contributed by atoms with Crippen molar-refractivity contribution in [2.24, 2.45) is 0 Å². The molecule has 1 heterocycles. The van der Waals surface area contributed by atoms with Gasteiger partial charge in [0.05, 0.1) is 27.7 Å². The van der Waals surface area contributed by atoms with E-state index in [0.29, 0.717) is 4.90 Å². The summed E-state index contributed by atoms with van der Waals surface area (Å²) in [4.78, 5) is 6.00. The zero-order chi connectivity index (χ0) is 19.0. The Morgan fingerprint density at radius 3 is 2.52 bits per heavy atom. The molecule has 1 saturated carbocycles. The Kier molecular flexibility index (Phi) is 5.27. The molecule has 0 aliphatic heterocycles.